The molecule has 0 saturated heterocycles. The molecule has 244 valence electrons. The molecule has 3 aromatic heterocycles. The van der Waals surface area contributed by atoms with Crippen molar-refractivity contribution in [3.63, 3.8) is 0 Å². The average Bonchev–Trinajstić information content (AvgIpc) is 3.98. The first-order chi connectivity index (χ1) is 25.8. The van der Waals surface area contributed by atoms with Gasteiger partial charge in [0.2, 0.25) is 14.0 Å². The lowest BCUT2D eigenvalue weighted by molar-refractivity contribution is 0.620. The fourth-order valence-corrected chi connectivity index (χ4v) is 13.1. The molecule has 0 bridgehead atoms. The largest absolute Gasteiger partial charge is 0.436 e. The van der Waals surface area contributed by atoms with Crippen LogP contribution in [0, 0.1) is 0 Å². The van der Waals surface area contributed by atoms with Crippen LogP contribution in [0.1, 0.15) is 0 Å². The molecule has 10 aromatic rings. The monoisotopic (exact) mass is 683 g/mol. The van der Waals surface area contributed by atoms with E-state index in [-0.39, 0.29) is 0 Å². The standard InChI is InChI=1S/C45H29N5OSi/c1-2-16-32(17-3-1)49-38-23-7-4-20-35(38)46-43(49)30-14-12-18-33(28-30)52(34-19-13-15-31(29-34)44-47-37-22-6-10-26-41(37)51-44)42-27-11-9-25-40(42)50-39-24-8-5-21-36(39)48-45(50)52/h1-29H. The van der Waals surface area contributed by atoms with E-state index in [1.54, 1.807) is 0 Å². The predicted octanol–water partition coefficient (Wildman–Crippen LogP) is 7.53. The van der Waals surface area contributed by atoms with Crippen LogP contribution >= 0.6 is 0 Å². The summed E-state index contributed by atoms with van der Waals surface area (Å²) in [5, 5.41) is 3.74. The van der Waals surface area contributed by atoms with Gasteiger partial charge in [-0.3, -0.25) is 9.13 Å². The first-order valence-corrected chi connectivity index (χ1v) is 19.5. The van der Waals surface area contributed by atoms with Crippen LogP contribution < -0.4 is 21.0 Å². The van der Waals surface area contributed by atoms with Crippen LogP contribution in [0.3, 0.4) is 0 Å². The third kappa shape index (κ3) is 4.08. The van der Waals surface area contributed by atoms with E-state index in [0.29, 0.717) is 5.89 Å². The summed E-state index contributed by atoms with van der Waals surface area (Å²) in [4.78, 5) is 15.7. The summed E-state index contributed by atoms with van der Waals surface area (Å²) in [6.07, 6.45) is 0. The molecular weight excluding hydrogens is 655 g/mol. The number of benzene rings is 7. The first kappa shape index (κ1) is 29.0. The number of para-hydroxylation sites is 8. The zero-order valence-corrected chi connectivity index (χ0v) is 28.9. The highest BCUT2D eigenvalue weighted by molar-refractivity contribution is 7.20. The van der Waals surface area contributed by atoms with Gasteiger partial charge >= 0.3 is 0 Å². The lowest BCUT2D eigenvalue weighted by atomic mass is 10.2. The molecular formula is C45H29N5OSi. The second-order valence-corrected chi connectivity index (χ2v) is 16.9. The summed E-state index contributed by atoms with van der Waals surface area (Å²) in [7, 11) is -3.07. The second kappa shape index (κ2) is 11.1. The van der Waals surface area contributed by atoms with Crippen molar-refractivity contribution < 1.29 is 4.42 Å². The van der Waals surface area contributed by atoms with E-state index in [0.717, 1.165) is 61.3 Å². The summed E-state index contributed by atoms with van der Waals surface area (Å²) in [5.74, 6) is 1.51. The molecule has 0 radical (unpaired) electrons. The molecule has 0 spiro atoms. The van der Waals surface area contributed by atoms with Gasteiger partial charge in [0.05, 0.1) is 22.1 Å². The first-order valence-electron chi connectivity index (χ1n) is 17.5. The lowest BCUT2D eigenvalue weighted by Gasteiger charge is -2.29. The molecule has 0 amide bonds. The average molecular weight is 684 g/mol. The molecule has 4 heterocycles. The van der Waals surface area contributed by atoms with Gasteiger partial charge in [0.25, 0.3) is 0 Å². The van der Waals surface area contributed by atoms with Crippen LogP contribution in [0.15, 0.2) is 180 Å². The Labute approximate surface area is 299 Å². The van der Waals surface area contributed by atoms with Crippen molar-refractivity contribution in [2.45, 2.75) is 0 Å². The number of aromatic nitrogens is 5. The summed E-state index contributed by atoms with van der Waals surface area (Å²) in [6.45, 7) is 0. The normalized spacial score (nSPS) is 15.0. The zero-order chi connectivity index (χ0) is 34.2. The number of rotatable bonds is 5. The molecule has 0 fully saturated rings. The van der Waals surface area contributed by atoms with E-state index < -0.39 is 8.07 Å². The van der Waals surface area contributed by atoms with Crippen molar-refractivity contribution in [3.8, 4) is 34.2 Å². The number of hydrogen-bond acceptors (Lipinski definition) is 4. The van der Waals surface area contributed by atoms with Crippen molar-refractivity contribution in [2.24, 2.45) is 0 Å². The number of imidazole rings is 2. The van der Waals surface area contributed by atoms with E-state index in [1.165, 1.54) is 21.2 Å². The van der Waals surface area contributed by atoms with Gasteiger partial charge in [0.15, 0.2) is 5.58 Å². The highest BCUT2D eigenvalue weighted by Crippen LogP contribution is 2.31. The Morgan fingerprint density at radius 2 is 1.08 bits per heavy atom. The minimum atomic E-state index is -3.07. The molecule has 1 atom stereocenters. The topological polar surface area (TPSA) is 61.7 Å². The number of oxazole rings is 1. The molecule has 52 heavy (non-hydrogen) atoms. The molecule has 6 nitrogen and oxygen atoms in total. The van der Waals surface area contributed by atoms with E-state index >= 15 is 0 Å². The van der Waals surface area contributed by atoms with Crippen LogP contribution in [0.4, 0.5) is 0 Å². The van der Waals surface area contributed by atoms with Crippen molar-refractivity contribution >= 4 is 62.2 Å². The molecule has 0 N–H and O–H groups in total. The Morgan fingerprint density at radius 1 is 0.462 bits per heavy atom. The highest BCUT2D eigenvalue weighted by Gasteiger charge is 2.52. The summed E-state index contributed by atoms with van der Waals surface area (Å²) in [5.41, 5.74) is 11.1. The summed E-state index contributed by atoms with van der Waals surface area (Å²) in [6, 6.07) is 61.9. The number of hydrogen-bond donors (Lipinski definition) is 0. The fourth-order valence-electron chi connectivity index (χ4n) is 8.19. The SMILES string of the molecule is c1ccc(-n2c(-c3cccc([Si]4(c5cccc(-c6nc7ccccc7o6)c5)c5ccccc5-n5c4nc4ccccc45)c3)nc3ccccc32)cc1. The van der Waals surface area contributed by atoms with Gasteiger partial charge in [-0.05, 0) is 82.3 Å². The van der Waals surface area contributed by atoms with Gasteiger partial charge in [-0.15, -0.1) is 0 Å². The highest BCUT2D eigenvalue weighted by atomic mass is 28.3. The molecule has 1 unspecified atom stereocenters. The quantitative estimate of drug-likeness (QED) is 0.176. The minimum Gasteiger partial charge on any atom is -0.436 e. The molecule has 7 heteroatoms. The second-order valence-electron chi connectivity index (χ2n) is 13.3. The third-order valence-corrected chi connectivity index (χ3v) is 15.0. The van der Waals surface area contributed by atoms with E-state index in [4.69, 9.17) is 19.4 Å². The molecule has 0 aliphatic carbocycles. The maximum Gasteiger partial charge on any atom is 0.227 e. The molecule has 1 aliphatic heterocycles. The van der Waals surface area contributed by atoms with Gasteiger partial charge in [-0.2, -0.15) is 0 Å². The maximum absolute atomic E-state index is 6.33. The third-order valence-electron chi connectivity index (χ3n) is 10.4. The molecule has 1 aliphatic rings. The summed E-state index contributed by atoms with van der Waals surface area (Å²) < 4.78 is 11.0. The lowest BCUT2D eigenvalue weighted by Crippen LogP contribution is -2.73. The van der Waals surface area contributed by atoms with E-state index in [9.17, 15) is 0 Å². The van der Waals surface area contributed by atoms with Crippen LogP contribution in [0.25, 0.3) is 67.4 Å². The fraction of sp³-hybridized carbons (Fsp3) is 0. The Morgan fingerprint density at radius 3 is 1.87 bits per heavy atom. The smallest absolute Gasteiger partial charge is 0.227 e. The van der Waals surface area contributed by atoms with Crippen LogP contribution in [0.2, 0.25) is 0 Å². The van der Waals surface area contributed by atoms with E-state index in [2.05, 4.69) is 161 Å². The Hall–Kier alpha value is -6.83. The van der Waals surface area contributed by atoms with Crippen LogP contribution in [0.5, 0.6) is 0 Å². The van der Waals surface area contributed by atoms with Crippen LogP contribution in [-0.2, 0) is 0 Å². The van der Waals surface area contributed by atoms with Crippen molar-refractivity contribution in [1.82, 2.24) is 24.1 Å². The Balaban J connectivity index is 1.21. The van der Waals surface area contributed by atoms with Gasteiger partial charge < -0.3 is 4.42 Å². The van der Waals surface area contributed by atoms with E-state index in [1.807, 2.05) is 24.3 Å². The molecule has 11 rings (SSSR count). The zero-order valence-electron chi connectivity index (χ0n) is 27.9. The number of fused-ring (bicyclic) bond motifs is 7. The van der Waals surface area contributed by atoms with Crippen LogP contribution in [-0.4, -0.2) is 32.2 Å². The minimum absolute atomic E-state index is 0.609. The molecule has 7 aromatic carbocycles. The number of nitrogens with zero attached hydrogens (tertiary/aromatic N) is 5. The van der Waals surface area contributed by atoms with Crippen molar-refractivity contribution in [2.75, 3.05) is 0 Å². The Bertz CT molecular complexity index is 2960. The molecule has 0 saturated carbocycles. The Kier molecular flexibility index (Phi) is 6.17. The maximum atomic E-state index is 6.33. The van der Waals surface area contributed by atoms with Gasteiger partial charge in [-0.1, -0.05) is 109 Å². The summed E-state index contributed by atoms with van der Waals surface area (Å²) >= 11 is 0. The van der Waals surface area contributed by atoms with Gasteiger partial charge in [0.1, 0.15) is 16.8 Å². The predicted molar refractivity (Wildman–Crippen MR) is 211 cm³/mol. The van der Waals surface area contributed by atoms with Crippen molar-refractivity contribution in [3.05, 3.63) is 176 Å². The van der Waals surface area contributed by atoms with Gasteiger partial charge in [0, 0.05) is 22.5 Å². The van der Waals surface area contributed by atoms with Crippen molar-refractivity contribution in [1.29, 1.82) is 0 Å². The van der Waals surface area contributed by atoms with Gasteiger partial charge in [-0.25, -0.2) is 15.0 Å².